The van der Waals surface area contributed by atoms with E-state index >= 15 is 0 Å². The van der Waals surface area contributed by atoms with Crippen LogP contribution in [0.4, 0.5) is 16.4 Å². The molecule has 28 heteroatoms. The van der Waals surface area contributed by atoms with Gasteiger partial charge in [-0.3, -0.25) is 52.7 Å². The molecule has 0 aliphatic rings. The summed E-state index contributed by atoms with van der Waals surface area (Å²) < 4.78 is 15.0. The van der Waals surface area contributed by atoms with E-state index in [2.05, 4.69) is 50.8 Å². The highest BCUT2D eigenvalue weighted by Gasteiger charge is 2.27. The van der Waals surface area contributed by atoms with E-state index in [1.165, 1.54) is 43.8 Å². The molecule has 0 aliphatic carbocycles. The number of anilines is 2. The van der Waals surface area contributed by atoms with Crippen LogP contribution >= 0.6 is 11.9 Å². The van der Waals surface area contributed by atoms with Crippen LogP contribution in [0.15, 0.2) is 35.3 Å². The summed E-state index contributed by atoms with van der Waals surface area (Å²) in [5.74, 6) is -1.14. The van der Waals surface area contributed by atoms with Gasteiger partial charge in [-0.2, -0.15) is 4.98 Å². The summed E-state index contributed by atoms with van der Waals surface area (Å²) in [6.45, 7) is 10.3. The Kier molecular flexibility index (Phi) is 37.5. The molecule has 414 valence electrons. The number of amides is 3. The van der Waals surface area contributed by atoms with Crippen molar-refractivity contribution in [2.75, 3.05) is 124 Å². The van der Waals surface area contributed by atoms with Gasteiger partial charge in [0, 0.05) is 88.7 Å². The lowest BCUT2D eigenvalue weighted by molar-refractivity contribution is -0.145. The first-order valence-corrected chi connectivity index (χ1v) is 24.4. The van der Waals surface area contributed by atoms with Gasteiger partial charge in [-0.1, -0.05) is 13.8 Å². The van der Waals surface area contributed by atoms with Crippen LogP contribution in [-0.4, -0.2) is 217 Å². The van der Waals surface area contributed by atoms with Crippen molar-refractivity contribution in [3.63, 3.8) is 0 Å². The molecule has 0 bridgehead atoms. The molecular weight excluding hydrogens is 991 g/mol. The van der Waals surface area contributed by atoms with Crippen molar-refractivity contribution in [3.8, 4) is 0 Å². The lowest BCUT2D eigenvalue weighted by atomic mass is 10.1. The maximum atomic E-state index is 12.3. The molecule has 1 unspecified atom stereocenters. The van der Waals surface area contributed by atoms with Crippen LogP contribution in [0.25, 0.3) is 11.2 Å². The second-order valence-corrected chi connectivity index (χ2v) is 16.6. The molecule has 1 atom stereocenters. The molecule has 3 rings (SSSR count). The summed E-state index contributed by atoms with van der Waals surface area (Å²) in [7, 11) is 7.79. The number of H-pyrrole nitrogens is 1. The Morgan fingerprint density at radius 3 is 2.18 bits per heavy atom. The molecule has 0 saturated carbocycles. The zero-order chi connectivity index (χ0) is 55.7. The molecular formula is C46H75N13O14S. The van der Waals surface area contributed by atoms with Crippen molar-refractivity contribution in [1.82, 2.24) is 54.9 Å². The number of hydrogen-bond acceptors (Lipinski definition) is 22. The van der Waals surface area contributed by atoms with Gasteiger partial charge >= 0.3 is 18.0 Å². The molecule has 2 heterocycles. The standard InChI is InChI=1S/C22H42N4O7S.C21H27N9O3.C2H4O2.CH2O2/c1-6-10-26(22(31)33-5)34-17-15-25(19(21(29)30)9-8-16-27)14-13-24(18-20(28)32-4)12-11-23(3)7-2;1-23-9-10-24-16(31)3-2-8-25-19(32)13-4-6-14(7-5-13)26-11-15-12-27-18-17(28-15)20(33)30-21(22)29-18;1-4-2-3;2-1-3/h16,19H,6-15,17-18H2,1-5H3,(H,29,30);4-7,12,23,26H,2-3,8-11H2,1H3,(H,24,31)(H,25,32)(H3,22,27,29,30,33);2H,1H3;1H,(H,2,3). The van der Waals surface area contributed by atoms with E-state index in [1.807, 2.05) is 32.8 Å². The van der Waals surface area contributed by atoms with E-state index in [-0.39, 0.29) is 60.8 Å². The highest BCUT2D eigenvalue weighted by Crippen LogP contribution is 2.16. The number of hydrogen-bond donors (Lipinski definition) is 8. The van der Waals surface area contributed by atoms with Crippen LogP contribution in [0.3, 0.4) is 0 Å². The van der Waals surface area contributed by atoms with Crippen molar-refractivity contribution >= 4 is 83.8 Å². The second-order valence-electron chi connectivity index (χ2n) is 15.5. The number of nitrogens with zero attached hydrogens (tertiary/aromatic N) is 7. The third-order valence-corrected chi connectivity index (χ3v) is 11.1. The van der Waals surface area contributed by atoms with E-state index in [4.69, 9.17) is 29.9 Å². The Hall–Kier alpha value is -7.01. The van der Waals surface area contributed by atoms with Crippen molar-refractivity contribution in [2.45, 2.75) is 58.5 Å². The van der Waals surface area contributed by atoms with E-state index < -0.39 is 23.7 Å². The number of carbonyl (C=O) groups is 8. The average molecular weight is 1070 g/mol. The molecule has 0 radical (unpaired) electrons. The van der Waals surface area contributed by atoms with Crippen molar-refractivity contribution < 1.29 is 62.8 Å². The third-order valence-electron chi connectivity index (χ3n) is 10.1. The maximum absolute atomic E-state index is 12.3. The number of fused-ring (bicyclic) bond motifs is 1. The Morgan fingerprint density at radius 2 is 1.59 bits per heavy atom. The lowest BCUT2D eigenvalue weighted by Gasteiger charge is -2.32. The first-order chi connectivity index (χ1) is 35.5. The van der Waals surface area contributed by atoms with Crippen molar-refractivity contribution in [3.05, 3.63) is 52.1 Å². The smallest absolute Gasteiger partial charge is 0.419 e. The summed E-state index contributed by atoms with van der Waals surface area (Å²) >= 11 is 1.29. The van der Waals surface area contributed by atoms with Gasteiger partial charge in [0.15, 0.2) is 11.2 Å². The number of nitrogen functional groups attached to an aromatic ring is 1. The van der Waals surface area contributed by atoms with Gasteiger partial charge in [0.05, 0.1) is 46.3 Å². The molecule has 27 nitrogen and oxygen atoms in total. The molecule has 9 N–H and O–H groups in total. The summed E-state index contributed by atoms with van der Waals surface area (Å²) in [6.07, 6.45) is 3.80. The number of likely N-dealkylation sites (N-methyl/N-ethyl adjacent to an activating group) is 2. The summed E-state index contributed by atoms with van der Waals surface area (Å²) in [5, 5.41) is 28.4. The average Bonchev–Trinajstić information content (AvgIpc) is 3.39. The topological polar surface area (TPSA) is 363 Å². The Morgan fingerprint density at radius 1 is 0.919 bits per heavy atom. The quantitative estimate of drug-likeness (QED) is 0.0139. The zero-order valence-corrected chi connectivity index (χ0v) is 44.2. The number of rotatable bonds is 32. The number of benzene rings is 1. The number of nitrogens with one attached hydrogen (secondary N) is 5. The highest BCUT2D eigenvalue weighted by molar-refractivity contribution is 7.97. The minimum Gasteiger partial charge on any atom is -0.483 e. The number of aliphatic carboxylic acids is 1. The number of esters is 1. The van der Waals surface area contributed by atoms with Crippen LogP contribution in [0, 0.1) is 0 Å². The summed E-state index contributed by atoms with van der Waals surface area (Å²) in [6, 6.07) is 6.10. The number of nitrogens with two attached hydrogens (primary N) is 1. The molecule has 0 spiro atoms. The minimum atomic E-state index is -1.00. The van der Waals surface area contributed by atoms with Crippen LogP contribution in [0.5, 0.6) is 0 Å². The van der Waals surface area contributed by atoms with Gasteiger partial charge in [0.2, 0.25) is 11.9 Å². The maximum Gasteiger partial charge on any atom is 0.419 e. The molecule has 3 aromatic rings. The fourth-order valence-corrected chi connectivity index (χ4v) is 7.14. The number of carboxylic acids is 1. The number of carbonyl (C=O) groups excluding carboxylic acids is 6. The van der Waals surface area contributed by atoms with Gasteiger partial charge < -0.3 is 61.1 Å². The molecule has 2 aromatic heterocycles. The highest BCUT2D eigenvalue weighted by atomic mass is 32.2. The third kappa shape index (κ3) is 29.5. The number of aromatic nitrogens is 4. The monoisotopic (exact) mass is 1070 g/mol. The number of aldehydes is 1. The van der Waals surface area contributed by atoms with E-state index in [0.29, 0.717) is 95.0 Å². The number of ether oxygens (including phenoxy) is 3. The Balaban J connectivity index is 0.00000128. The van der Waals surface area contributed by atoms with E-state index in [0.717, 1.165) is 31.7 Å². The number of aromatic amines is 1. The predicted molar refractivity (Wildman–Crippen MR) is 278 cm³/mol. The molecule has 0 aliphatic heterocycles. The van der Waals surface area contributed by atoms with Crippen molar-refractivity contribution in [1.29, 1.82) is 0 Å². The first kappa shape index (κ1) is 67.0. The lowest BCUT2D eigenvalue weighted by Crippen LogP contribution is -2.48. The molecule has 1 aromatic carbocycles. The molecule has 74 heavy (non-hydrogen) atoms. The summed E-state index contributed by atoms with van der Waals surface area (Å²) in [5.41, 5.74) is 7.20. The SMILES string of the molecule is CCCN(SCCN(CCN(CCN(C)CC)CC(=O)OC)C(CCC=O)C(=O)O)C(=O)OC.CNCCNC(=O)CCCNC(=O)c1ccc(NCc2cnc3nc(N)[nH]c(=O)c3n2)cc1.COC=O.O=CO. The number of carboxylic acid groups (broad SMARTS) is 2. The van der Waals surface area contributed by atoms with Crippen LogP contribution in [0.1, 0.15) is 62.0 Å². The number of methoxy groups -OCH3 is 3. The molecule has 3 amide bonds. The van der Waals surface area contributed by atoms with Gasteiger partial charge in [-0.05, 0) is 76.1 Å². The zero-order valence-electron chi connectivity index (χ0n) is 43.3. The van der Waals surface area contributed by atoms with E-state index in [1.54, 1.807) is 29.2 Å². The van der Waals surface area contributed by atoms with Crippen LogP contribution < -0.4 is 32.6 Å². The fourth-order valence-electron chi connectivity index (χ4n) is 6.11. The van der Waals surface area contributed by atoms with Gasteiger partial charge in [-0.25, -0.2) is 14.8 Å². The Labute approximate surface area is 435 Å². The predicted octanol–water partition coefficient (Wildman–Crippen LogP) is 0.517. The second kappa shape index (κ2) is 41.5. The van der Waals surface area contributed by atoms with Gasteiger partial charge in [0.25, 0.3) is 24.4 Å². The van der Waals surface area contributed by atoms with Gasteiger partial charge in [-0.15, -0.1) is 0 Å². The minimum absolute atomic E-state index is 0.0116. The van der Waals surface area contributed by atoms with Crippen molar-refractivity contribution in [2.24, 2.45) is 0 Å². The molecule has 0 fully saturated rings. The van der Waals surface area contributed by atoms with E-state index in [9.17, 15) is 38.7 Å². The summed E-state index contributed by atoms with van der Waals surface area (Å²) in [4.78, 5) is 120. The normalized spacial score (nSPS) is 10.8. The van der Waals surface area contributed by atoms with Gasteiger partial charge in [0.1, 0.15) is 12.3 Å². The van der Waals surface area contributed by atoms with Crippen LogP contribution in [-0.2, 0) is 49.5 Å². The largest absolute Gasteiger partial charge is 0.483 e. The Bertz CT molecular complexity index is 2180. The van der Waals surface area contributed by atoms with Crippen LogP contribution in [0.2, 0.25) is 0 Å². The molecule has 0 saturated heterocycles. The fraction of sp³-hybridized carbons (Fsp3) is 0.565. The first-order valence-electron chi connectivity index (χ1n) is 23.5.